The molecule has 0 unspecified atom stereocenters. The molecule has 0 heterocycles. The average Bonchev–Trinajstić information content (AvgIpc) is 2.25. The van der Waals surface area contributed by atoms with E-state index in [-0.39, 0.29) is 5.91 Å². The molecule has 0 aromatic heterocycles. The molecule has 82 valence electrons. The van der Waals surface area contributed by atoms with E-state index in [1.54, 1.807) is 11.8 Å². The smallest absolute Gasteiger partial charge is 0.251 e. The third-order valence-electron chi connectivity index (χ3n) is 2.20. The zero-order valence-corrected chi connectivity index (χ0v) is 10.1. The van der Waals surface area contributed by atoms with Gasteiger partial charge >= 0.3 is 0 Å². The van der Waals surface area contributed by atoms with Gasteiger partial charge in [0.2, 0.25) is 0 Å². The molecule has 0 saturated carbocycles. The first-order chi connectivity index (χ1) is 7.25. The maximum Gasteiger partial charge on any atom is 0.251 e. The fourth-order valence-electron chi connectivity index (χ4n) is 1.34. The van der Waals surface area contributed by atoms with E-state index in [9.17, 15) is 4.79 Å². The molecule has 0 aliphatic heterocycles. The number of amides is 1. The Morgan fingerprint density at radius 1 is 1.40 bits per heavy atom. The molecule has 0 radical (unpaired) electrons. The quantitative estimate of drug-likeness (QED) is 0.777. The number of benzene rings is 1. The number of thioether (sulfide) groups is 1. The number of hydrogen-bond donors (Lipinski definition) is 1. The highest BCUT2D eigenvalue weighted by molar-refractivity contribution is 7.98. The van der Waals surface area contributed by atoms with Crippen molar-refractivity contribution >= 4 is 17.7 Å². The van der Waals surface area contributed by atoms with E-state index in [0.717, 1.165) is 29.8 Å². The van der Waals surface area contributed by atoms with Gasteiger partial charge < -0.3 is 5.32 Å². The summed E-state index contributed by atoms with van der Waals surface area (Å²) >= 11 is 1.80. The summed E-state index contributed by atoms with van der Waals surface area (Å²) in [5.74, 6) is 1.13. The molecule has 1 N–H and O–H groups in total. The summed E-state index contributed by atoms with van der Waals surface area (Å²) in [6.07, 6.45) is 3.10. The van der Waals surface area contributed by atoms with E-state index >= 15 is 0 Å². The summed E-state index contributed by atoms with van der Waals surface area (Å²) in [6.45, 7) is 2.71. The summed E-state index contributed by atoms with van der Waals surface area (Å²) in [5.41, 5.74) is 1.81. The van der Waals surface area contributed by atoms with Gasteiger partial charge in [-0.3, -0.25) is 4.79 Å². The van der Waals surface area contributed by atoms with Crippen molar-refractivity contribution in [2.45, 2.75) is 13.3 Å². The number of nitrogens with one attached hydrogen (secondary N) is 1. The van der Waals surface area contributed by atoms with Crippen molar-refractivity contribution in [3.63, 3.8) is 0 Å². The first kappa shape index (κ1) is 12.1. The lowest BCUT2D eigenvalue weighted by atomic mass is 10.1. The topological polar surface area (TPSA) is 29.1 Å². The minimum atomic E-state index is 0.0363. The van der Waals surface area contributed by atoms with Crippen molar-refractivity contribution < 1.29 is 4.79 Å². The minimum Gasteiger partial charge on any atom is -0.352 e. The van der Waals surface area contributed by atoms with Crippen LogP contribution in [0.25, 0.3) is 0 Å². The van der Waals surface area contributed by atoms with Gasteiger partial charge in [0.1, 0.15) is 0 Å². The van der Waals surface area contributed by atoms with E-state index in [1.165, 1.54) is 0 Å². The average molecular weight is 223 g/mol. The highest BCUT2D eigenvalue weighted by Gasteiger charge is 2.06. The summed E-state index contributed by atoms with van der Waals surface area (Å²) in [4.78, 5) is 11.7. The van der Waals surface area contributed by atoms with E-state index in [2.05, 4.69) is 11.6 Å². The Labute approximate surface area is 95.5 Å². The summed E-state index contributed by atoms with van der Waals surface area (Å²) in [5, 5.41) is 2.92. The Morgan fingerprint density at radius 2 is 2.13 bits per heavy atom. The second-order valence-electron chi connectivity index (χ2n) is 3.42. The van der Waals surface area contributed by atoms with Crippen LogP contribution >= 0.6 is 11.8 Å². The van der Waals surface area contributed by atoms with E-state index in [1.807, 2.05) is 31.2 Å². The predicted octanol–water partition coefficient (Wildman–Crippen LogP) is 2.48. The molecule has 0 aliphatic carbocycles. The SMILES string of the molecule is CSCCCNC(=O)c1ccccc1C. The number of hydrogen-bond acceptors (Lipinski definition) is 2. The minimum absolute atomic E-state index is 0.0363. The van der Waals surface area contributed by atoms with Crippen LogP contribution in [0.2, 0.25) is 0 Å². The molecule has 0 spiro atoms. The predicted molar refractivity (Wildman–Crippen MR) is 66.5 cm³/mol. The lowest BCUT2D eigenvalue weighted by molar-refractivity contribution is 0.0953. The zero-order valence-electron chi connectivity index (χ0n) is 9.25. The van der Waals surface area contributed by atoms with Gasteiger partial charge in [0, 0.05) is 12.1 Å². The third kappa shape index (κ3) is 3.96. The van der Waals surface area contributed by atoms with Crippen LogP contribution in [0.5, 0.6) is 0 Å². The largest absolute Gasteiger partial charge is 0.352 e. The fraction of sp³-hybridized carbons (Fsp3) is 0.417. The lowest BCUT2D eigenvalue weighted by Crippen LogP contribution is -2.25. The van der Waals surface area contributed by atoms with Crippen LogP contribution in [-0.2, 0) is 0 Å². The molecule has 0 atom stereocenters. The first-order valence-electron chi connectivity index (χ1n) is 5.08. The molecular formula is C12H17NOS. The molecule has 1 aromatic rings. The summed E-state index contributed by atoms with van der Waals surface area (Å²) in [6, 6.07) is 7.65. The Kier molecular flexibility index (Phi) is 5.26. The Morgan fingerprint density at radius 3 is 2.80 bits per heavy atom. The van der Waals surface area contributed by atoms with Crippen molar-refractivity contribution in [1.29, 1.82) is 0 Å². The standard InChI is InChI=1S/C12H17NOS/c1-10-6-3-4-7-11(10)12(14)13-8-5-9-15-2/h3-4,6-7H,5,8-9H2,1-2H3,(H,13,14). The highest BCUT2D eigenvalue weighted by atomic mass is 32.2. The molecule has 1 aromatic carbocycles. The van der Waals surface area contributed by atoms with Crippen LogP contribution < -0.4 is 5.32 Å². The van der Waals surface area contributed by atoms with Crippen LogP contribution in [-0.4, -0.2) is 24.5 Å². The molecule has 0 bridgehead atoms. The first-order valence-corrected chi connectivity index (χ1v) is 6.48. The number of carbonyl (C=O) groups excluding carboxylic acids is 1. The van der Waals surface area contributed by atoms with Gasteiger partial charge in [-0.25, -0.2) is 0 Å². The number of aryl methyl sites for hydroxylation is 1. The third-order valence-corrected chi connectivity index (χ3v) is 2.90. The molecule has 1 rings (SSSR count). The van der Waals surface area contributed by atoms with Crippen LogP contribution in [0, 0.1) is 6.92 Å². The highest BCUT2D eigenvalue weighted by Crippen LogP contribution is 2.06. The van der Waals surface area contributed by atoms with E-state index in [0.29, 0.717) is 0 Å². The number of rotatable bonds is 5. The molecule has 0 saturated heterocycles. The van der Waals surface area contributed by atoms with Crippen molar-refractivity contribution in [3.05, 3.63) is 35.4 Å². The van der Waals surface area contributed by atoms with Gasteiger partial charge in [0.05, 0.1) is 0 Å². The number of carbonyl (C=O) groups is 1. The van der Waals surface area contributed by atoms with Crippen molar-refractivity contribution in [3.8, 4) is 0 Å². The van der Waals surface area contributed by atoms with Crippen LogP contribution in [0.1, 0.15) is 22.3 Å². The molecule has 15 heavy (non-hydrogen) atoms. The van der Waals surface area contributed by atoms with Gasteiger partial charge in [-0.1, -0.05) is 18.2 Å². The lowest BCUT2D eigenvalue weighted by Gasteiger charge is -2.06. The summed E-state index contributed by atoms with van der Waals surface area (Å²) in [7, 11) is 0. The second-order valence-corrected chi connectivity index (χ2v) is 4.40. The fourth-order valence-corrected chi connectivity index (χ4v) is 1.77. The monoisotopic (exact) mass is 223 g/mol. The molecule has 1 amide bonds. The van der Waals surface area contributed by atoms with Gasteiger partial charge in [-0.15, -0.1) is 0 Å². The van der Waals surface area contributed by atoms with Crippen molar-refractivity contribution in [2.75, 3.05) is 18.6 Å². The van der Waals surface area contributed by atoms with Gasteiger partial charge in [-0.05, 0) is 37.0 Å². The van der Waals surface area contributed by atoms with Crippen LogP contribution in [0.4, 0.5) is 0 Å². The van der Waals surface area contributed by atoms with Gasteiger partial charge in [0.15, 0.2) is 0 Å². The molecule has 2 nitrogen and oxygen atoms in total. The summed E-state index contributed by atoms with van der Waals surface area (Å²) < 4.78 is 0. The molecule has 3 heteroatoms. The molecule has 0 fully saturated rings. The Bertz CT molecular complexity index is 325. The maximum atomic E-state index is 11.7. The van der Waals surface area contributed by atoms with Crippen LogP contribution in [0.15, 0.2) is 24.3 Å². The molecular weight excluding hydrogens is 206 g/mol. The normalized spacial score (nSPS) is 10.0. The van der Waals surface area contributed by atoms with Crippen molar-refractivity contribution in [1.82, 2.24) is 5.32 Å². The van der Waals surface area contributed by atoms with Crippen LogP contribution in [0.3, 0.4) is 0 Å². The zero-order chi connectivity index (χ0) is 11.1. The van der Waals surface area contributed by atoms with Gasteiger partial charge in [-0.2, -0.15) is 11.8 Å². The Balaban J connectivity index is 2.44. The van der Waals surface area contributed by atoms with E-state index in [4.69, 9.17) is 0 Å². The van der Waals surface area contributed by atoms with Gasteiger partial charge in [0.25, 0.3) is 5.91 Å². The maximum absolute atomic E-state index is 11.7. The second kappa shape index (κ2) is 6.51. The van der Waals surface area contributed by atoms with Crippen molar-refractivity contribution in [2.24, 2.45) is 0 Å². The Hall–Kier alpha value is -0.960. The van der Waals surface area contributed by atoms with E-state index < -0.39 is 0 Å². The molecule has 0 aliphatic rings.